The molecule has 0 bridgehead atoms. The van der Waals surface area contributed by atoms with E-state index >= 15 is 0 Å². The van der Waals surface area contributed by atoms with Crippen LogP contribution in [0.1, 0.15) is 24.2 Å². The lowest BCUT2D eigenvalue weighted by molar-refractivity contribution is -0.385. The molecule has 6 nitrogen and oxygen atoms in total. The zero-order chi connectivity index (χ0) is 15.6. The zero-order valence-corrected chi connectivity index (χ0v) is 13.1. The molecule has 1 fully saturated rings. The first-order valence-corrected chi connectivity index (χ1v) is 8.15. The van der Waals surface area contributed by atoms with Crippen LogP contribution in [0.15, 0.2) is 18.2 Å². The van der Waals surface area contributed by atoms with Gasteiger partial charge in [-0.25, -0.2) is 0 Å². The molecule has 1 N–H and O–H groups in total. The summed E-state index contributed by atoms with van der Waals surface area (Å²) >= 11 is 1.67. The van der Waals surface area contributed by atoms with Gasteiger partial charge in [-0.3, -0.25) is 20.2 Å². The summed E-state index contributed by atoms with van der Waals surface area (Å²) < 4.78 is 0. The maximum Gasteiger partial charge on any atom is 0.272 e. The highest BCUT2D eigenvalue weighted by Gasteiger charge is 2.37. The van der Waals surface area contributed by atoms with Gasteiger partial charge in [0.2, 0.25) is 5.91 Å². The molecule has 1 aromatic carbocycles. The predicted octanol–water partition coefficient (Wildman–Crippen LogP) is 2.09. The third-order valence-corrected chi connectivity index (χ3v) is 4.25. The van der Waals surface area contributed by atoms with Crippen molar-refractivity contribution in [3.63, 3.8) is 0 Å². The van der Waals surface area contributed by atoms with Gasteiger partial charge in [0.15, 0.2) is 0 Å². The molecule has 21 heavy (non-hydrogen) atoms. The Morgan fingerprint density at radius 3 is 2.81 bits per heavy atom. The largest absolute Gasteiger partial charge is 0.321 e. The van der Waals surface area contributed by atoms with Gasteiger partial charge in [-0.1, -0.05) is 12.1 Å². The van der Waals surface area contributed by atoms with Crippen LogP contribution in [-0.2, 0) is 4.79 Å². The van der Waals surface area contributed by atoms with Gasteiger partial charge in [0, 0.05) is 23.9 Å². The molecular formula is C14H19N3O3S. The number of thioether (sulfide) groups is 1. The maximum atomic E-state index is 12.2. The Morgan fingerprint density at radius 2 is 2.19 bits per heavy atom. The van der Waals surface area contributed by atoms with Crippen molar-refractivity contribution in [2.75, 3.05) is 18.6 Å². The smallest absolute Gasteiger partial charge is 0.272 e. The monoisotopic (exact) mass is 309 g/mol. The van der Waals surface area contributed by atoms with Crippen molar-refractivity contribution < 1.29 is 9.72 Å². The lowest BCUT2D eigenvalue weighted by Crippen LogP contribution is -2.32. The van der Waals surface area contributed by atoms with Gasteiger partial charge >= 0.3 is 0 Å². The molecule has 2 rings (SSSR count). The van der Waals surface area contributed by atoms with Crippen molar-refractivity contribution in [1.29, 1.82) is 0 Å². The van der Waals surface area contributed by atoms with Crippen LogP contribution in [0.3, 0.4) is 0 Å². The molecule has 1 aliphatic rings. The average molecular weight is 309 g/mol. The van der Waals surface area contributed by atoms with Crippen LogP contribution in [0.4, 0.5) is 5.69 Å². The first-order valence-electron chi connectivity index (χ1n) is 6.76. The number of nitro groups is 1. The number of benzene rings is 1. The second-order valence-electron chi connectivity index (χ2n) is 5.12. The molecule has 2 unspecified atom stereocenters. The van der Waals surface area contributed by atoms with Crippen LogP contribution in [0.5, 0.6) is 0 Å². The lowest BCUT2D eigenvalue weighted by Gasteiger charge is -2.24. The third-order valence-electron chi connectivity index (χ3n) is 3.65. The van der Waals surface area contributed by atoms with E-state index < -0.39 is 0 Å². The van der Waals surface area contributed by atoms with Crippen LogP contribution >= 0.6 is 11.8 Å². The zero-order valence-electron chi connectivity index (χ0n) is 12.3. The Bertz CT molecular complexity index is 564. The predicted molar refractivity (Wildman–Crippen MR) is 83.3 cm³/mol. The number of nitrogens with one attached hydrogen (secondary N) is 1. The number of hydrogen-bond donors (Lipinski definition) is 1. The van der Waals surface area contributed by atoms with Gasteiger partial charge < -0.3 is 4.90 Å². The van der Waals surface area contributed by atoms with Crippen LogP contribution in [0.25, 0.3) is 0 Å². The fourth-order valence-electron chi connectivity index (χ4n) is 2.47. The molecule has 1 heterocycles. The summed E-state index contributed by atoms with van der Waals surface area (Å²) in [5, 5.41) is 14.3. The molecular weight excluding hydrogens is 290 g/mol. The Balaban J connectivity index is 2.32. The Kier molecular flexibility index (Phi) is 4.84. The highest BCUT2D eigenvalue weighted by Crippen LogP contribution is 2.29. The summed E-state index contributed by atoms with van der Waals surface area (Å²) in [6.07, 6.45) is 1.70. The molecule has 0 aromatic heterocycles. The van der Waals surface area contributed by atoms with Gasteiger partial charge in [-0.2, -0.15) is 11.8 Å². The fraction of sp³-hybridized carbons (Fsp3) is 0.500. The summed E-state index contributed by atoms with van der Waals surface area (Å²) in [5.74, 6) is 0.877. The van der Waals surface area contributed by atoms with Crippen molar-refractivity contribution in [2.45, 2.75) is 26.1 Å². The van der Waals surface area contributed by atoms with Crippen LogP contribution < -0.4 is 5.32 Å². The normalized spacial score (nSPS) is 21.9. The Hall–Kier alpha value is -1.60. The van der Waals surface area contributed by atoms with Crippen LogP contribution in [-0.4, -0.2) is 40.3 Å². The van der Waals surface area contributed by atoms with E-state index in [1.807, 2.05) is 19.2 Å². The number of nitrogens with zero attached hydrogens (tertiary/aromatic N) is 2. The second-order valence-corrected chi connectivity index (χ2v) is 6.10. The highest BCUT2D eigenvalue weighted by atomic mass is 32.2. The first kappa shape index (κ1) is 15.8. The third kappa shape index (κ3) is 3.19. The van der Waals surface area contributed by atoms with Gasteiger partial charge in [0.05, 0.1) is 11.0 Å². The number of amides is 1. The minimum Gasteiger partial charge on any atom is -0.321 e. The summed E-state index contributed by atoms with van der Waals surface area (Å²) in [5.41, 5.74) is 1.47. The van der Waals surface area contributed by atoms with Crippen LogP contribution in [0.2, 0.25) is 0 Å². The molecule has 0 spiro atoms. The quantitative estimate of drug-likeness (QED) is 0.666. The number of nitro benzene ring substituents is 1. The topological polar surface area (TPSA) is 75.5 Å². The van der Waals surface area contributed by atoms with Crippen molar-refractivity contribution in [3.8, 4) is 0 Å². The molecule has 114 valence electrons. The standard InChI is InChI=1S/C14H19N3O3S/c1-9-4-5-11(8-12(9)17(19)20)13-15-10(2)14(18)16(13)6-7-21-3/h4-5,8,10,13,15H,6-7H2,1-3H3. The van der Waals surface area contributed by atoms with Gasteiger partial charge in [0.25, 0.3) is 5.69 Å². The van der Waals surface area contributed by atoms with E-state index in [0.29, 0.717) is 12.1 Å². The van der Waals surface area contributed by atoms with Crippen molar-refractivity contribution in [2.24, 2.45) is 0 Å². The molecule has 1 saturated heterocycles. The molecule has 2 atom stereocenters. The van der Waals surface area contributed by atoms with Crippen molar-refractivity contribution in [1.82, 2.24) is 10.2 Å². The summed E-state index contributed by atoms with van der Waals surface area (Å²) in [6, 6.07) is 4.87. The van der Waals surface area contributed by atoms with E-state index in [2.05, 4.69) is 5.32 Å². The molecule has 0 aliphatic carbocycles. The number of rotatable bonds is 5. The molecule has 1 aromatic rings. The fourth-order valence-corrected chi connectivity index (χ4v) is 2.85. The van der Waals surface area contributed by atoms with E-state index in [9.17, 15) is 14.9 Å². The minimum atomic E-state index is -0.384. The molecule has 0 radical (unpaired) electrons. The van der Waals surface area contributed by atoms with Gasteiger partial charge in [0.1, 0.15) is 6.17 Å². The van der Waals surface area contributed by atoms with Crippen LogP contribution in [0, 0.1) is 17.0 Å². The first-order chi connectivity index (χ1) is 9.95. The summed E-state index contributed by atoms with van der Waals surface area (Å²) in [7, 11) is 0. The lowest BCUT2D eigenvalue weighted by atomic mass is 10.1. The van der Waals surface area contributed by atoms with E-state index in [4.69, 9.17) is 0 Å². The van der Waals surface area contributed by atoms with E-state index in [1.165, 1.54) is 0 Å². The molecule has 0 saturated carbocycles. The highest BCUT2D eigenvalue weighted by molar-refractivity contribution is 7.98. The van der Waals surface area contributed by atoms with Gasteiger partial charge in [-0.15, -0.1) is 0 Å². The second kappa shape index (κ2) is 6.44. The van der Waals surface area contributed by atoms with E-state index in [-0.39, 0.29) is 28.7 Å². The summed E-state index contributed by atoms with van der Waals surface area (Å²) in [6.45, 7) is 4.16. The van der Waals surface area contributed by atoms with E-state index in [1.54, 1.807) is 35.7 Å². The molecule has 1 amide bonds. The maximum absolute atomic E-state index is 12.2. The Morgan fingerprint density at radius 1 is 1.48 bits per heavy atom. The van der Waals surface area contributed by atoms with E-state index in [0.717, 1.165) is 11.3 Å². The number of carbonyl (C=O) groups is 1. The SMILES string of the molecule is CSCCN1C(=O)C(C)NC1c1ccc(C)c([N+](=O)[O-])c1. The number of aryl methyl sites for hydroxylation is 1. The molecule has 7 heteroatoms. The van der Waals surface area contributed by atoms with Gasteiger partial charge in [-0.05, 0) is 25.7 Å². The molecule has 1 aliphatic heterocycles. The number of carbonyl (C=O) groups excluding carboxylic acids is 1. The minimum absolute atomic E-state index is 0.0391. The average Bonchev–Trinajstić information content (AvgIpc) is 2.73. The van der Waals surface area contributed by atoms with Crippen molar-refractivity contribution >= 4 is 23.4 Å². The number of hydrogen-bond acceptors (Lipinski definition) is 5. The van der Waals surface area contributed by atoms with Crippen molar-refractivity contribution in [3.05, 3.63) is 39.4 Å². The Labute approximate surface area is 128 Å². The summed E-state index contributed by atoms with van der Waals surface area (Å²) in [4.78, 5) is 24.6.